The van der Waals surface area contributed by atoms with E-state index in [4.69, 9.17) is 4.74 Å². The van der Waals surface area contributed by atoms with E-state index in [2.05, 4.69) is 15.2 Å². The summed E-state index contributed by atoms with van der Waals surface area (Å²) >= 11 is 1.20. The van der Waals surface area contributed by atoms with Crippen LogP contribution < -0.4 is 9.64 Å². The molecule has 0 saturated carbocycles. The molecule has 0 radical (unpaired) electrons. The monoisotopic (exact) mass is 489 g/mol. The number of ether oxygens (including phenoxy) is 1. The van der Waals surface area contributed by atoms with Crippen molar-refractivity contribution in [2.24, 2.45) is 0 Å². The maximum absolute atomic E-state index is 13.4. The number of imidazole rings is 1. The number of carbonyl (C=O) groups excluding carboxylic acids is 2. The molecule has 1 aliphatic heterocycles. The van der Waals surface area contributed by atoms with E-state index in [0.717, 1.165) is 6.42 Å². The number of aliphatic hydroxyl groups is 1. The first-order valence-electron chi connectivity index (χ1n) is 11.2. The Morgan fingerprint density at radius 1 is 1.14 bits per heavy atom. The van der Waals surface area contributed by atoms with Crippen LogP contribution >= 0.6 is 11.3 Å². The van der Waals surface area contributed by atoms with Crippen molar-refractivity contribution in [3.63, 3.8) is 0 Å². The number of anilines is 1. The molecule has 0 bridgehead atoms. The topological polar surface area (TPSA) is 110 Å². The second-order valence-electron chi connectivity index (χ2n) is 8.17. The maximum Gasteiger partial charge on any atom is 0.301 e. The number of carbonyl (C=O) groups is 2. The van der Waals surface area contributed by atoms with Gasteiger partial charge in [-0.2, -0.15) is 0 Å². The summed E-state index contributed by atoms with van der Waals surface area (Å²) in [6.45, 7) is 6.06. The number of ketones is 1. The van der Waals surface area contributed by atoms with E-state index in [-0.39, 0.29) is 16.5 Å². The smallest absolute Gasteiger partial charge is 0.301 e. The lowest BCUT2D eigenvalue weighted by atomic mass is 9.96. The van der Waals surface area contributed by atoms with Crippen LogP contribution in [0.5, 0.6) is 5.75 Å². The molecule has 1 fully saturated rings. The average molecular weight is 490 g/mol. The molecular weight excluding hydrogens is 466 g/mol. The van der Waals surface area contributed by atoms with Gasteiger partial charge in [-0.25, -0.2) is 4.98 Å². The Balaban J connectivity index is 1.74. The summed E-state index contributed by atoms with van der Waals surface area (Å²) in [5.74, 6) is -1.27. The van der Waals surface area contributed by atoms with Gasteiger partial charge in [-0.1, -0.05) is 36.5 Å². The van der Waals surface area contributed by atoms with Gasteiger partial charge in [0.05, 0.1) is 23.9 Å². The van der Waals surface area contributed by atoms with E-state index < -0.39 is 17.7 Å². The largest absolute Gasteiger partial charge is 0.505 e. The summed E-state index contributed by atoms with van der Waals surface area (Å²) in [4.78, 5) is 32.5. The van der Waals surface area contributed by atoms with Crippen molar-refractivity contribution in [3.05, 3.63) is 76.2 Å². The van der Waals surface area contributed by atoms with Crippen LogP contribution in [0.3, 0.4) is 0 Å². The van der Waals surface area contributed by atoms with Gasteiger partial charge in [0, 0.05) is 6.20 Å². The summed E-state index contributed by atoms with van der Waals surface area (Å²) in [7, 11) is 0. The number of pyridine rings is 1. The van der Waals surface area contributed by atoms with Gasteiger partial charge in [-0.05, 0) is 50.1 Å². The number of Topliss-reactive ketones (excluding diaryl/α,β-unsaturated/α-hetero) is 1. The predicted molar refractivity (Wildman–Crippen MR) is 132 cm³/mol. The molecule has 1 aromatic carbocycles. The highest BCUT2D eigenvalue weighted by atomic mass is 32.1. The third-order valence-corrected chi connectivity index (χ3v) is 6.58. The van der Waals surface area contributed by atoms with E-state index in [1.54, 1.807) is 54.8 Å². The fraction of sp³-hybridized carbons (Fsp3) is 0.240. The summed E-state index contributed by atoms with van der Waals surface area (Å²) < 4.78 is 7.49. The van der Waals surface area contributed by atoms with Crippen LogP contribution in [0.25, 0.3) is 11.4 Å². The van der Waals surface area contributed by atoms with Crippen molar-refractivity contribution < 1.29 is 19.4 Å². The molecule has 3 aromatic heterocycles. The van der Waals surface area contributed by atoms with E-state index in [9.17, 15) is 14.7 Å². The van der Waals surface area contributed by atoms with Crippen molar-refractivity contribution >= 4 is 39.6 Å². The molecular formula is C25H23N5O4S. The molecule has 1 saturated heterocycles. The molecule has 1 amide bonds. The normalized spacial score (nSPS) is 17.5. The SMILES string of the molecule is CCCOc1cccc(C2/C(=C(\O)c3c(C)nc4ccccn34)C(=O)C(=O)N2c2nnc(C)s2)c1. The minimum Gasteiger partial charge on any atom is -0.505 e. The second-order valence-corrected chi connectivity index (χ2v) is 9.33. The number of fused-ring (bicyclic) bond motifs is 1. The zero-order valence-electron chi connectivity index (χ0n) is 19.4. The molecule has 1 atom stereocenters. The lowest BCUT2D eigenvalue weighted by Crippen LogP contribution is -2.29. The predicted octanol–water partition coefficient (Wildman–Crippen LogP) is 4.22. The Hall–Kier alpha value is -4.05. The zero-order chi connectivity index (χ0) is 24.7. The molecule has 35 heavy (non-hydrogen) atoms. The fourth-order valence-corrected chi connectivity index (χ4v) is 4.96. The Kier molecular flexibility index (Phi) is 5.81. The minimum atomic E-state index is -0.916. The molecule has 9 nitrogen and oxygen atoms in total. The van der Waals surface area contributed by atoms with Crippen molar-refractivity contribution in [3.8, 4) is 5.75 Å². The molecule has 4 heterocycles. The lowest BCUT2D eigenvalue weighted by Gasteiger charge is -2.23. The Bertz CT molecular complexity index is 1490. The van der Waals surface area contributed by atoms with Gasteiger partial charge in [-0.15, -0.1) is 10.2 Å². The number of aryl methyl sites for hydroxylation is 2. The third-order valence-electron chi connectivity index (χ3n) is 5.74. The van der Waals surface area contributed by atoms with Gasteiger partial charge < -0.3 is 9.84 Å². The van der Waals surface area contributed by atoms with E-state index in [0.29, 0.717) is 40.0 Å². The van der Waals surface area contributed by atoms with E-state index >= 15 is 0 Å². The van der Waals surface area contributed by atoms with Gasteiger partial charge in [0.15, 0.2) is 5.76 Å². The first-order chi connectivity index (χ1) is 16.9. The highest BCUT2D eigenvalue weighted by Gasteiger charge is 2.48. The van der Waals surface area contributed by atoms with Gasteiger partial charge in [0.2, 0.25) is 5.13 Å². The van der Waals surface area contributed by atoms with Crippen LogP contribution in [0.4, 0.5) is 5.13 Å². The lowest BCUT2D eigenvalue weighted by molar-refractivity contribution is -0.132. The van der Waals surface area contributed by atoms with Gasteiger partial charge in [0.25, 0.3) is 5.78 Å². The van der Waals surface area contributed by atoms with Crippen LogP contribution in [-0.4, -0.2) is 43.0 Å². The molecule has 1 aliphatic rings. The van der Waals surface area contributed by atoms with Crippen LogP contribution in [0.2, 0.25) is 0 Å². The standard InChI is InChI=1S/C25H23N5O4S/c1-4-12-34-17-9-7-8-16(13-17)21-19(23(32)24(33)30(21)25-28-27-15(3)35-25)22(31)20-14(2)26-18-10-5-6-11-29(18)20/h5-11,13,21,31H,4,12H2,1-3H3/b22-19+. The summed E-state index contributed by atoms with van der Waals surface area (Å²) in [5.41, 5.74) is 2.08. The van der Waals surface area contributed by atoms with Crippen LogP contribution in [-0.2, 0) is 9.59 Å². The molecule has 10 heteroatoms. The molecule has 0 aliphatic carbocycles. The highest BCUT2D eigenvalue weighted by Crippen LogP contribution is 2.43. The molecule has 1 unspecified atom stereocenters. The number of aliphatic hydroxyl groups excluding tert-OH is 1. The van der Waals surface area contributed by atoms with E-state index in [1.807, 2.05) is 19.1 Å². The molecule has 0 spiro atoms. The number of rotatable bonds is 6. The summed E-state index contributed by atoms with van der Waals surface area (Å²) in [6.07, 6.45) is 2.59. The van der Waals surface area contributed by atoms with Gasteiger partial charge >= 0.3 is 5.91 Å². The Morgan fingerprint density at radius 2 is 1.97 bits per heavy atom. The van der Waals surface area contributed by atoms with Crippen LogP contribution in [0, 0.1) is 13.8 Å². The minimum absolute atomic E-state index is 0.0377. The number of nitrogens with zero attached hydrogens (tertiary/aromatic N) is 5. The average Bonchev–Trinajstić information content (AvgIpc) is 3.50. The van der Waals surface area contributed by atoms with Crippen LogP contribution in [0.15, 0.2) is 54.2 Å². The highest BCUT2D eigenvalue weighted by molar-refractivity contribution is 7.15. The number of aromatic nitrogens is 4. The van der Waals surface area contributed by atoms with Crippen molar-refractivity contribution in [2.75, 3.05) is 11.5 Å². The number of hydrogen-bond donors (Lipinski definition) is 1. The molecule has 178 valence electrons. The number of benzene rings is 1. The first-order valence-corrected chi connectivity index (χ1v) is 12.0. The third kappa shape index (κ3) is 3.85. The van der Waals surface area contributed by atoms with Crippen molar-refractivity contribution in [1.82, 2.24) is 19.6 Å². The number of hydrogen-bond acceptors (Lipinski definition) is 8. The summed E-state index contributed by atoms with van der Waals surface area (Å²) in [6, 6.07) is 11.7. The van der Waals surface area contributed by atoms with E-state index in [1.165, 1.54) is 16.2 Å². The zero-order valence-corrected chi connectivity index (χ0v) is 20.2. The Morgan fingerprint density at radius 3 is 2.71 bits per heavy atom. The van der Waals surface area contributed by atoms with Crippen LogP contribution in [0.1, 0.15) is 41.3 Å². The van der Waals surface area contributed by atoms with Gasteiger partial charge in [-0.3, -0.25) is 18.9 Å². The summed E-state index contributed by atoms with van der Waals surface area (Å²) in [5, 5.41) is 20.6. The molecule has 5 rings (SSSR count). The Labute approximate surface area is 205 Å². The number of amides is 1. The maximum atomic E-state index is 13.4. The first kappa shape index (κ1) is 22.7. The molecule has 4 aromatic rings. The second kappa shape index (κ2) is 8.95. The fourth-order valence-electron chi connectivity index (χ4n) is 4.25. The quantitative estimate of drug-likeness (QED) is 0.245. The van der Waals surface area contributed by atoms with Crippen molar-refractivity contribution in [1.29, 1.82) is 0 Å². The molecule has 1 N–H and O–H groups in total. The van der Waals surface area contributed by atoms with Crippen molar-refractivity contribution in [2.45, 2.75) is 33.2 Å². The van der Waals surface area contributed by atoms with Gasteiger partial charge in [0.1, 0.15) is 22.1 Å².